The standard InChI is InChI=1S/C30H34F2N6O2/c1-19-6-13-38-28(40)24-15-26(39)37(29(18-33)9-10-29)17-25(24)27(35-38)34-20(2)21-4-3-5-23(14-21)30(31,32)22-7-11-36(16-19)12-8-22/h3-5,14-15,17,19-20,22H,6-13,16H2,1-2H3,(H,34,35)/t19?,20-/m1/s1. The van der Waals surface area contributed by atoms with Crippen molar-refractivity contribution in [3.63, 3.8) is 0 Å². The number of hydrogen-bond donors (Lipinski definition) is 1. The van der Waals surface area contributed by atoms with Gasteiger partial charge in [0.15, 0.2) is 5.82 Å². The summed E-state index contributed by atoms with van der Waals surface area (Å²) in [6.07, 6.45) is 4.24. The lowest BCUT2D eigenvalue weighted by Crippen LogP contribution is -2.41. The van der Waals surface area contributed by atoms with Gasteiger partial charge in [0.1, 0.15) is 5.54 Å². The minimum Gasteiger partial charge on any atom is -0.362 e. The van der Waals surface area contributed by atoms with Gasteiger partial charge in [-0.25, -0.2) is 13.5 Å². The molecule has 8 nitrogen and oxygen atoms in total. The van der Waals surface area contributed by atoms with Crippen molar-refractivity contribution in [2.75, 3.05) is 25.0 Å². The van der Waals surface area contributed by atoms with Gasteiger partial charge in [0, 0.05) is 42.2 Å². The molecule has 3 aliphatic heterocycles. The Morgan fingerprint density at radius 2 is 1.80 bits per heavy atom. The van der Waals surface area contributed by atoms with Crippen LogP contribution in [0.15, 0.2) is 46.1 Å². The molecule has 0 radical (unpaired) electrons. The van der Waals surface area contributed by atoms with Crippen molar-refractivity contribution in [3.05, 3.63) is 68.4 Å². The Hall–Kier alpha value is -3.58. The summed E-state index contributed by atoms with van der Waals surface area (Å²) in [7, 11) is 0. The predicted octanol–water partition coefficient (Wildman–Crippen LogP) is 4.59. The molecule has 4 aliphatic rings. The van der Waals surface area contributed by atoms with E-state index in [1.54, 1.807) is 24.4 Å². The number of benzene rings is 1. The van der Waals surface area contributed by atoms with E-state index >= 15 is 8.78 Å². The summed E-state index contributed by atoms with van der Waals surface area (Å²) in [4.78, 5) is 28.8. The van der Waals surface area contributed by atoms with Crippen LogP contribution in [0.25, 0.3) is 10.8 Å². The summed E-state index contributed by atoms with van der Waals surface area (Å²) in [6.45, 7) is 6.34. The van der Waals surface area contributed by atoms with Gasteiger partial charge in [-0.15, -0.1) is 0 Å². The highest BCUT2D eigenvalue weighted by molar-refractivity contribution is 5.90. The summed E-state index contributed by atoms with van der Waals surface area (Å²) >= 11 is 0. The molecule has 1 aromatic carbocycles. The minimum absolute atomic E-state index is 0.0103. The molecule has 2 fully saturated rings. The van der Waals surface area contributed by atoms with Gasteiger partial charge < -0.3 is 10.2 Å². The second-order valence-electron chi connectivity index (χ2n) is 11.9. The first kappa shape index (κ1) is 26.6. The first-order valence-electron chi connectivity index (χ1n) is 14.2. The minimum atomic E-state index is -2.94. The number of aromatic nitrogens is 3. The molecule has 0 spiro atoms. The Morgan fingerprint density at radius 1 is 1.05 bits per heavy atom. The average Bonchev–Trinajstić information content (AvgIpc) is 3.75. The Balaban J connectivity index is 1.48. The number of nitrogens with zero attached hydrogens (tertiary/aromatic N) is 5. The van der Waals surface area contributed by atoms with Crippen molar-refractivity contribution in [1.29, 1.82) is 5.26 Å². The smallest absolute Gasteiger partial charge is 0.276 e. The van der Waals surface area contributed by atoms with E-state index in [1.807, 2.05) is 6.92 Å². The van der Waals surface area contributed by atoms with Crippen LogP contribution in [-0.2, 0) is 18.0 Å². The van der Waals surface area contributed by atoms with E-state index in [4.69, 9.17) is 0 Å². The van der Waals surface area contributed by atoms with Crippen molar-refractivity contribution in [2.45, 2.75) is 70.0 Å². The first-order chi connectivity index (χ1) is 19.1. The fourth-order valence-electron chi connectivity index (χ4n) is 6.27. The van der Waals surface area contributed by atoms with Crippen LogP contribution in [0, 0.1) is 23.2 Å². The summed E-state index contributed by atoms with van der Waals surface area (Å²) in [5, 5.41) is 18.4. The van der Waals surface area contributed by atoms with Crippen molar-refractivity contribution < 1.29 is 8.78 Å². The molecule has 40 heavy (non-hydrogen) atoms. The number of rotatable bonds is 1. The van der Waals surface area contributed by atoms with Crippen LogP contribution in [0.3, 0.4) is 0 Å². The lowest BCUT2D eigenvalue weighted by molar-refractivity contribution is -0.0862. The van der Waals surface area contributed by atoms with Gasteiger partial charge in [-0.1, -0.05) is 25.1 Å². The summed E-state index contributed by atoms with van der Waals surface area (Å²) < 4.78 is 34.2. The topological polar surface area (TPSA) is 96.0 Å². The molecule has 210 valence electrons. The average molecular weight is 549 g/mol. The summed E-state index contributed by atoms with van der Waals surface area (Å²) in [6, 6.07) is 9.66. The summed E-state index contributed by atoms with van der Waals surface area (Å²) in [5.41, 5.74) is -0.975. The Bertz CT molecular complexity index is 1610. The van der Waals surface area contributed by atoms with Crippen molar-refractivity contribution in [3.8, 4) is 6.07 Å². The van der Waals surface area contributed by atoms with Gasteiger partial charge in [-0.3, -0.25) is 14.2 Å². The number of pyridine rings is 1. The third-order valence-corrected chi connectivity index (χ3v) is 9.02. The molecule has 5 heterocycles. The van der Waals surface area contributed by atoms with E-state index < -0.39 is 29.0 Å². The normalized spacial score (nSPS) is 27.4. The van der Waals surface area contributed by atoms with Gasteiger partial charge in [-0.05, 0) is 69.7 Å². The van der Waals surface area contributed by atoms with Crippen LogP contribution in [0.1, 0.15) is 63.1 Å². The zero-order valence-electron chi connectivity index (χ0n) is 22.9. The monoisotopic (exact) mass is 548 g/mol. The maximum atomic E-state index is 15.7. The first-order valence-corrected chi connectivity index (χ1v) is 14.2. The number of nitrogens with one attached hydrogen (secondary N) is 1. The molecule has 2 aromatic heterocycles. The van der Waals surface area contributed by atoms with Crippen LogP contribution >= 0.6 is 0 Å². The third kappa shape index (κ3) is 4.60. The summed E-state index contributed by atoms with van der Waals surface area (Å²) in [5.74, 6) is -3.05. The van der Waals surface area contributed by atoms with Crippen LogP contribution < -0.4 is 16.4 Å². The predicted molar refractivity (Wildman–Crippen MR) is 148 cm³/mol. The number of alkyl halides is 2. The molecule has 6 bridgehead atoms. The lowest BCUT2D eigenvalue weighted by atomic mass is 9.85. The van der Waals surface area contributed by atoms with Gasteiger partial charge in [-0.2, -0.15) is 10.4 Å². The van der Waals surface area contributed by atoms with Gasteiger partial charge in [0.25, 0.3) is 17.0 Å². The third-order valence-electron chi connectivity index (χ3n) is 9.02. The number of aryl methyl sites for hydroxylation is 1. The Labute approximate surface area is 231 Å². The van der Waals surface area contributed by atoms with E-state index in [-0.39, 0.29) is 22.4 Å². The maximum Gasteiger partial charge on any atom is 0.276 e. The second kappa shape index (κ2) is 9.81. The second-order valence-corrected chi connectivity index (χ2v) is 11.9. The maximum absolute atomic E-state index is 15.7. The SMILES string of the molecule is CC1CCn2nc(c3cn(C4(C#N)CC4)c(=O)cc3c2=O)N[C@H](C)c2cccc(c2)C(F)(F)C2CCN(CC2)C1. The van der Waals surface area contributed by atoms with E-state index in [2.05, 4.69) is 28.3 Å². The highest BCUT2D eigenvalue weighted by atomic mass is 19.3. The van der Waals surface area contributed by atoms with E-state index in [0.717, 1.165) is 6.54 Å². The number of fused-ring (bicyclic) bond motifs is 7. The number of nitriles is 1. The molecule has 1 saturated heterocycles. The molecule has 7 rings (SSSR count). The van der Waals surface area contributed by atoms with Crippen LogP contribution in [-0.4, -0.2) is 38.9 Å². The van der Waals surface area contributed by atoms with Crippen LogP contribution in [0.2, 0.25) is 0 Å². The van der Waals surface area contributed by atoms with Crippen molar-refractivity contribution >= 4 is 16.6 Å². The highest BCUT2D eigenvalue weighted by Crippen LogP contribution is 2.43. The molecule has 1 unspecified atom stereocenters. The quantitative estimate of drug-likeness (QED) is 0.478. The lowest BCUT2D eigenvalue weighted by Gasteiger charge is -2.37. The fourth-order valence-corrected chi connectivity index (χ4v) is 6.27. The molecule has 1 saturated carbocycles. The molecule has 0 amide bonds. The van der Waals surface area contributed by atoms with Crippen LogP contribution in [0.5, 0.6) is 0 Å². The zero-order valence-corrected chi connectivity index (χ0v) is 22.9. The molecule has 2 atom stereocenters. The Morgan fingerprint density at radius 3 is 2.50 bits per heavy atom. The largest absolute Gasteiger partial charge is 0.362 e. The van der Waals surface area contributed by atoms with Gasteiger partial charge in [0.2, 0.25) is 0 Å². The number of halogens is 2. The van der Waals surface area contributed by atoms with E-state index in [1.165, 1.54) is 21.4 Å². The molecular weight excluding hydrogens is 514 g/mol. The number of anilines is 1. The van der Waals surface area contributed by atoms with Crippen LogP contribution in [0.4, 0.5) is 14.6 Å². The molecule has 1 N–H and O–H groups in total. The van der Waals surface area contributed by atoms with E-state index in [0.29, 0.717) is 68.5 Å². The molecular formula is C30H34F2N6O2. The van der Waals surface area contributed by atoms with Gasteiger partial charge in [0.05, 0.1) is 17.5 Å². The molecule has 1 aliphatic carbocycles. The molecule has 10 heteroatoms. The van der Waals surface area contributed by atoms with Crippen molar-refractivity contribution in [2.24, 2.45) is 11.8 Å². The number of piperidine rings is 1. The zero-order chi connectivity index (χ0) is 28.2. The van der Waals surface area contributed by atoms with Crippen molar-refractivity contribution in [1.82, 2.24) is 19.2 Å². The fraction of sp³-hybridized carbons (Fsp3) is 0.533. The highest BCUT2D eigenvalue weighted by Gasteiger charge is 2.46. The van der Waals surface area contributed by atoms with Gasteiger partial charge >= 0.3 is 0 Å². The Kier molecular flexibility index (Phi) is 6.53. The van der Waals surface area contributed by atoms with E-state index in [9.17, 15) is 14.9 Å². The molecule has 3 aromatic rings. The number of hydrogen-bond acceptors (Lipinski definition) is 6.